The Kier molecular flexibility index (Phi) is 3.36. The van der Waals surface area contributed by atoms with E-state index in [1.165, 1.54) is 13.4 Å². The Bertz CT molecular complexity index is 1330. The summed E-state index contributed by atoms with van der Waals surface area (Å²) < 4.78 is 0. The second-order valence-corrected chi connectivity index (χ2v) is 6.63. The van der Waals surface area contributed by atoms with Crippen LogP contribution >= 0.6 is 0 Å². The molecule has 0 saturated heterocycles. The average Bonchev–Trinajstić information content (AvgIpc) is 2.75. The predicted octanol–water partition coefficient (Wildman–Crippen LogP) is 3.24. The van der Waals surface area contributed by atoms with E-state index < -0.39 is 11.8 Å². The van der Waals surface area contributed by atoms with Crippen LogP contribution in [0.3, 0.4) is 0 Å². The summed E-state index contributed by atoms with van der Waals surface area (Å²) in [6.45, 7) is 0. The first-order valence-corrected chi connectivity index (χ1v) is 8.70. The SMILES string of the molecule is CN1C(=O)c2cccc3c2c(c(C(=O)c2ccccc2)c2cncnc23)C1=O. The molecule has 0 N–H and O–H groups in total. The minimum atomic E-state index is -0.501. The molecule has 1 aromatic heterocycles. The molecule has 0 fully saturated rings. The molecule has 0 bridgehead atoms. The molecule has 134 valence electrons. The molecule has 2 heterocycles. The van der Waals surface area contributed by atoms with Gasteiger partial charge in [0.15, 0.2) is 5.78 Å². The summed E-state index contributed by atoms with van der Waals surface area (Å²) in [4.78, 5) is 48.7. The number of amides is 2. The molecule has 0 unspecified atom stereocenters. The molecule has 5 rings (SSSR count). The zero-order valence-corrected chi connectivity index (χ0v) is 14.8. The van der Waals surface area contributed by atoms with E-state index in [1.807, 2.05) is 6.07 Å². The minimum absolute atomic E-state index is 0.226. The largest absolute Gasteiger partial charge is 0.289 e. The van der Waals surface area contributed by atoms with Gasteiger partial charge in [-0.2, -0.15) is 0 Å². The van der Waals surface area contributed by atoms with E-state index >= 15 is 0 Å². The van der Waals surface area contributed by atoms with Gasteiger partial charge in [-0.05, 0) is 6.07 Å². The fourth-order valence-electron chi connectivity index (χ4n) is 3.81. The van der Waals surface area contributed by atoms with Crippen molar-refractivity contribution in [2.24, 2.45) is 0 Å². The van der Waals surface area contributed by atoms with Gasteiger partial charge in [-0.3, -0.25) is 19.3 Å². The number of carbonyl (C=O) groups excluding carboxylic acids is 3. The average molecular weight is 367 g/mol. The normalized spacial score (nSPS) is 13.4. The van der Waals surface area contributed by atoms with E-state index in [-0.39, 0.29) is 16.9 Å². The molecule has 2 amide bonds. The van der Waals surface area contributed by atoms with Crippen LogP contribution in [0.5, 0.6) is 0 Å². The van der Waals surface area contributed by atoms with Gasteiger partial charge in [0.1, 0.15) is 6.33 Å². The summed E-state index contributed by atoms with van der Waals surface area (Å²) in [6.07, 6.45) is 2.94. The predicted molar refractivity (Wildman–Crippen MR) is 103 cm³/mol. The molecule has 0 atom stereocenters. The Morgan fingerprint density at radius 3 is 2.50 bits per heavy atom. The standard InChI is InChI=1S/C22H13N3O3/c1-25-21(27)14-9-5-8-13-16(14)18(22(25)28)17(15-10-23-11-24-19(13)15)20(26)12-6-3-2-4-7-12/h2-11H,1H3. The Morgan fingerprint density at radius 1 is 0.929 bits per heavy atom. The van der Waals surface area contributed by atoms with Gasteiger partial charge in [-0.1, -0.05) is 42.5 Å². The smallest absolute Gasteiger partial charge is 0.261 e. The van der Waals surface area contributed by atoms with Gasteiger partial charge in [-0.25, -0.2) is 9.97 Å². The summed E-state index contributed by atoms with van der Waals surface area (Å²) >= 11 is 0. The fourth-order valence-corrected chi connectivity index (χ4v) is 3.81. The van der Waals surface area contributed by atoms with E-state index in [0.29, 0.717) is 32.8 Å². The van der Waals surface area contributed by atoms with Crippen LogP contribution in [0.2, 0.25) is 0 Å². The summed E-state index contributed by atoms with van der Waals surface area (Å²) in [6, 6.07) is 14.0. The Morgan fingerprint density at radius 2 is 1.71 bits per heavy atom. The van der Waals surface area contributed by atoms with Gasteiger partial charge in [0.25, 0.3) is 11.8 Å². The number of imide groups is 1. The molecule has 6 heteroatoms. The Hall–Kier alpha value is -3.93. The summed E-state index contributed by atoms with van der Waals surface area (Å²) in [5.41, 5.74) is 1.83. The molecular formula is C22H13N3O3. The lowest BCUT2D eigenvalue weighted by Gasteiger charge is -2.26. The minimum Gasteiger partial charge on any atom is -0.289 e. The third kappa shape index (κ3) is 2.05. The highest BCUT2D eigenvalue weighted by Crippen LogP contribution is 2.38. The number of hydrogen-bond donors (Lipinski definition) is 0. The van der Waals surface area contributed by atoms with Crippen molar-refractivity contribution in [3.05, 3.63) is 83.3 Å². The maximum Gasteiger partial charge on any atom is 0.261 e. The number of nitrogens with zero attached hydrogens (tertiary/aromatic N) is 3. The van der Waals surface area contributed by atoms with Crippen molar-refractivity contribution in [2.75, 3.05) is 7.05 Å². The first-order chi connectivity index (χ1) is 13.6. The van der Waals surface area contributed by atoms with E-state index in [9.17, 15) is 14.4 Å². The lowest BCUT2D eigenvalue weighted by atomic mass is 9.85. The van der Waals surface area contributed by atoms with E-state index in [2.05, 4.69) is 9.97 Å². The number of aromatic nitrogens is 2. The third-order valence-corrected chi connectivity index (χ3v) is 5.12. The van der Waals surface area contributed by atoms with Crippen LogP contribution in [-0.2, 0) is 0 Å². The molecule has 6 nitrogen and oxygen atoms in total. The molecule has 0 spiro atoms. The second-order valence-electron chi connectivity index (χ2n) is 6.63. The number of hydrogen-bond acceptors (Lipinski definition) is 5. The van der Waals surface area contributed by atoms with Gasteiger partial charge in [0.05, 0.1) is 11.1 Å². The highest BCUT2D eigenvalue weighted by atomic mass is 16.2. The number of ketones is 1. The number of benzene rings is 3. The molecular weight excluding hydrogens is 354 g/mol. The Balaban J connectivity index is 2.02. The zero-order chi connectivity index (χ0) is 19.4. The van der Waals surface area contributed by atoms with E-state index in [0.717, 1.165) is 4.90 Å². The molecule has 0 aliphatic carbocycles. The molecule has 4 aromatic rings. The van der Waals surface area contributed by atoms with Gasteiger partial charge >= 0.3 is 0 Å². The van der Waals surface area contributed by atoms with Crippen molar-refractivity contribution in [3.8, 4) is 0 Å². The maximum absolute atomic E-state index is 13.4. The fraction of sp³-hybridized carbons (Fsp3) is 0.0455. The van der Waals surface area contributed by atoms with Crippen LogP contribution in [0, 0.1) is 0 Å². The van der Waals surface area contributed by atoms with Crippen LogP contribution in [-0.4, -0.2) is 39.5 Å². The lowest BCUT2D eigenvalue weighted by Crippen LogP contribution is -2.38. The molecule has 3 aromatic carbocycles. The van der Waals surface area contributed by atoms with Crippen molar-refractivity contribution < 1.29 is 14.4 Å². The van der Waals surface area contributed by atoms with Gasteiger partial charge in [-0.15, -0.1) is 0 Å². The second kappa shape index (κ2) is 5.79. The summed E-state index contributed by atoms with van der Waals surface area (Å²) in [7, 11) is 1.43. The van der Waals surface area contributed by atoms with Crippen LogP contribution in [0.15, 0.2) is 61.1 Å². The van der Waals surface area contributed by atoms with Crippen molar-refractivity contribution in [3.63, 3.8) is 0 Å². The first kappa shape index (κ1) is 16.3. The third-order valence-electron chi connectivity index (χ3n) is 5.12. The first-order valence-electron chi connectivity index (χ1n) is 8.70. The highest BCUT2D eigenvalue weighted by Gasteiger charge is 2.35. The molecule has 0 saturated carbocycles. The Labute approximate surface area is 159 Å². The number of rotatable bonds is 2. The maximum atomic E-state index is 13.4. The molecule has 28 heavy (non-hydrogen) atoms. The van der Waals surface area contributed by atoms with Crippen LogP contribution in [0.1, 0.15) is 36.6 Å². The van der Waals surface area contributed by atoms with Gasteiger partial charge in [0, 0.05) is 46.1 Å². The van der Waals surface area contributed by atoms with E-state index in [4.69, 9.17) is 0 Å². The molecule has 1 aliphatic rings. The van der Waals surface area contributed by atoms with Crippen LogP contribution in [0.25, 0.3) is 21.7 Å². The highest BCUT2D eigenvalue weighted by molar-refractivity contribution is 6.35. The zero-order valence-electron chi connectivity index (χ0n) is 14.8. The van der Waals surface area contributed by atoms with Gasteiger partial charge < -0.3 is 0 Å². The monoisotopic (exact) mass is 367 g/mol. The van der Waals surface area contributed by atoms with Crippen molar-refractivity contribution >= 4 is 39.3 Å². The molecule has 0 radical (unpaired) electrons. The molecule has 1 aliphatic heterocycles. The summed E-state index contributed by atoms with van der Waals surface area (Å²) in [5.74, 6) is -1.20. The van der Waals surface area contributed by atoms with Crippen molar-refractivity contribution in [2.45, 2.75) is 0 Å². The number of carbonyl (C=O) groups is 3. The van der Waals surface area contributed by atoms with Crippen LogP contribution in [0.4, 0.5) is 0 Å². The van der Waals surface area contributed by atoms with E-state index in [1.54, 1.807) is 48.7 Å². The van der Waals surface area contributed by atoms with Crippen molar-refractivity contribution in [1.82, 2.24) is 14.9 Å². The lowest BCUT2D eigenvalue weighted by molar-refractivity contribution is 0.0648. The topological polar surface area (TPSA) is 80.2 Å². The summed E-state index contributed by atoms with van der Waals surface area (Å²) in [5, 5.41) is 1.62. The van der Waals surface area contributed by atoms with Crippen molar-refractivity contribution in [1.29, 1.82) is 0 Å². The van der Waals surface area contributed by atoms with Gasteiger partial charge in [0.2, 0.25) is 0 Å². The number of fused-ring (bicyclic) bond motifs is 2. The quantitative estimate of drug-likeness (QED) is 0.309. The van der Waals surface area contributed by atoms with Crippen LogP contribution < -0.4 is 0 Å².